The summed E-state index contributed by atoms with van der Waals surface area (Å²) in [5.41, 5.74) is 0.171. The SMILES string of the molecule is CC(=O)CC1(C)C=CCCC1. The summed E-state index contributed by atoms with van der Waals surface area (Å²) in [6, 6.07) is 0. The van der Waals surface area contributed by atoms with Crippen LogP contribution in [0.15, 0.2) is 12.2 Å². The molecule has 0 spiro atoms. The number of hydrogen-bond acceptors (Lipinski definition) is 1. The van der Waals surface area contributed by atoms with Crippen LogP contribution in [0.25, 0.3) is 0 Å². The fourth-order valence-electron chi connectivity index (χ4n) is 1.79. The van der Waals surface area contributed by atoms with Crippen molar-refractivity contribution >= 4 is 5.78 Å². The zero-order valence-electron chi connectivity index (χ0n) is 7.39. The molecule has 0 aromatic heterocycles. The smallest absolute Gasteiger partial charge is 0.130 e. The Hall–Kier alpha value is -0.590. The maximum atomic E-state index is 10.9. The van der Waals surface area contributed by atoms with E-state index in [-0.39, 0.29) is 5.41 Å². The fraction of sp³-hybridized carbons (Fsp3) is 0.700. The van der Waals surface area contributed by atoms with Gasteiger partial charge < -0.3 is 0 Å². The number of Topliss-reactive ketones (excluding diaryl/α,β-unsaturated/α-hetero) is 1. The average molecular weight is 152 g/mol. The lowest BCUT2D eigenvalue weighted by Gasteiger charge is -2.27. The highest BCUT2D eigenvalue weighted by Crippen LogP contribution is 2.33. The molecule has 0 fully saturated rings. The monoisotopic (exact) mass is 152 g/mol. The Kier molecular flexibility index (Phi) is 2.48. The fourth-order valence-corrected chi connectivity index (χ4v) is 1.79. The maximum Gasteiger partial charge on any atom is 0.130 e. The number of carbonyl (C=O) groups is 1. The number of allylic oxidation sites excluding steroid dienone is 2. The lowest BCUT2D eigenvalue weighted by atomic mass is 9.77. The van der Waals surface area contributed by atoms with Crippen LogP contribution in [0.4, 0.5) is 0 Å². The molecule has 0 heterocycles. The number of hydrogen-bond donors (Lipinski definition) is 0. The van der Waals surface area contributed by atoms with Gasteiger partial charge in [0, 0.05) is 6.42 Å². The third-order valence-corrected chi connectivity index (χ3v) is 2.29. The van der Waals surface area contributed by atoms with Crippen LogP contribution < -0.4 is 0 Å². The van der Waals surface area contributed by atoms with Crippen LogP contribution in [0, 0.1) is 5.41 Å². The second kappa shape index (κ2) is 3.21. The molecule has 1 aliphatic carbocycles. The Morgan fingerprint density at radius 1 is 1.64 bits per heavy atom. The van der Waals surface area contributed by atoms with E-state index < -0.39 is 0 Å². The molecule has 0 radical (unpaired) electrons. The zero-order valence-corrected chi connectivity index (χ0v) is 7.39. The molecule has 0 aromatic rings. The van der Waals surface area contributed by atoms with E-state index in [1.165, 1.54) is 19.3 Å². The highest BCUT2D eigenvalue weighted by molar-refractivity contribution is 5.76. The Bertz CT molecular complexity index is 181. The minimum Gasteiger partial charge on any atom is -0.300 e. The Morgan fingerprint density at radius 2 is 2.36 bits per heavy atom. The molecule has 1 rings (SSSR count). The Morgan fingerprint density at radius 3 is 2.82 bits per heavy atom. The molecule has 0 saturated carbocycles. The van der Waals surface area contributed by atoms with Gasteiger partial charge in [-0.3, -0.25) is 4.79 Å². The van der Waals surface area contributed by atoms with Crippen molar-refractivity contribution in [2.75, 3.05) is 0 Å². The molecule has 0 amide bonds. The Balaban J connectivity index is 2.57. The van der Waals surface area contributed by atoms with Gasteiger partial charge in [0.25, 0.3) is 0 Å². The Labute approximate surface area is 68.5 Å². The molecule has 1 unspecified atom stereocenters. The highest BCUT2D eigenvalue weighted by Gasteiger charge is 2.23. The molecule has 1 heteroatoms. The summed E-state index contributed by atoms with van der Waals surface area (Å²) in [6.45, 7) is 3.84. The van der Waals surface area contributed by atoms with Crippen LogP contribution in [0.1, 0.15) is 39.5 Å². The van der Waals surface area contributed by atoms with Crippen LogP contribution in [0.5, 0.6) is 0 Å². The largest absolute Gasteiger partial charge is 0.300 e. The average Bonchev–Trinajstić information content (AvgIpc) is 1.85. The van der Waals surface area contributed by atoms with Crippen molar-refractivity contribution in [3.8, 4) is 0 Å². The lowest BCUT2D eigenvalue weighted by Crippen LogP contribution is -2.18. The first kappa shape index (κ1) is 8.51. The molecule has 1 aliphatic rings. The van der Waals surface area contributed by atoms with E-state index in [2.05, 4.69) is 19.1 Å². The molecule has 0 aromatic carbocycles. The predicted molar refractivity (Wildman–Crippen MR) is 46.4 cm³/mol. The first-order chi connectivity index (χ1) is 5.12. The van der Waals surface area contributed by atoms with Crippen LogP contribution in [0.3, 0.4) is 0 Å². The standard InChI is InChI=1S/C10H16O/c1-9(11)8-10(2)6-4-3-5-7-10/h4,6H,3,5,7-8H2,1-2H3. The molecule has 1 nitrogen and oxygen atoms in total. The van der Waals surface area contributed by atoms with E-state index in [1.54, 1.807) is 6.92 Å². The molecule has 62 valence electrons. The van der Waals surface area contributed by atoms with Crippen molar-refractivity contribution in [3.63, 3.8) is 0 Å². The van der Waals surface area contributed by atoms with Crippen molar-refractivity contribution < 1.29 is 4.79 Å². The minimum absolute atomic E-state index is 0.171. The predicted octanol–water partition coefficient (Wildman–Crippen LogP) is 2.71. The third kappa shape index (κ3) is 2.49. The first-order valence-corrected chi connectivity index (χ1v) is 4.30. The lowest BCUT2D eigenvalue weighted by molar-refractivity contribution is -0.118. The van der Waals surface area contributed by atoms with Gasteiger partial charge in [0.1, 0.15) is 5.78 Å². The minimum atomic E-state index is 0.171. The van der Waals surface area contributed by atoms with Gasteiger partial charge in [-0.1, -0.05) is 19.1 Å². The third-order valence-electron chi connectivity index (χ3n) is 2.29. The second-order valence-electron chi connectivity index (χ2n) is 3.83. The number of rotatable bonds is 2. The van der Waals surface area contributed by atoms with E-state index in [0.717, 1.165) is 0 Å². The van der Waals surface area contributed by atoms with Gasteiger partial charge in [0.15, 0.2) is 0 Å². The molecule has 0 N–H and O–H groups in total. The van der Waals surface area contributed by atoms with E-state index in [0.29, 0.717) is 12.2 Å². The van der Waals surface area contributed by atoms with Crippen molar-refractivity contribution in [3.05, 3.63) is 12.2 Å². The van der Waals surface area contributed by atoms with E-state index in [9.17, 15) is 4.79 Å². The summed E-state index contributed by atoms with van der Waals surface area (Å²) in [7, 11) is 0. The summed E-state index contributed by atoms with van der Waals surface area (Å²) < 4.78 is 0. The van der Waals surface area contributed by atoms with Crippen molar-refractivity contribution in [1.82, 2.24) is 0 Å². The summed E-state index contributed by atoms with van der Waals surface area (Å²) in [4.78, 5) is 10.9. The highest BCUT2D eigenvalue weighted by atomic mass is 16.1. The molecule has 0 bridgehead atoms. The quantitative estimate of drug-likeness (QED) is 0.556. The number of carbonyl (C=O) groups excluding carboxylic acids is 1. The zero-order chi connectivity index (χ0) is 8.32. The molecule has 11 heavy (non-hydrogen) atoms. The van der Waals surface area contributed by atoms with Gasteiger partial charge in [-0.15, -0.1) is 0 Å². The van der Waals surface area contributed by atoms with Crippen molar-refractivity contribution in [1.29, 1.82) is 0 Å². The van der Waals surface area contributed by atoms with Gasteiger partial charge in [0.2, 0.25) is 0 Å². The second-order valence-corrected chi connectivity index (χ2v) is 3.83. The van der Waals surface area contributed by atoms with Crippen LogP contribution in [-0.4, -0.2) is 5.78 Å². The molecular weight excluding hydrogens is 136 g/mol. The summed E-state index contributed by atoms with van der Waals surface area (Å²) in [6.07, 6.45) is 8.71. The van der Waals surface area contributed by atoms with Gasteiger partial charge in [0.05, 0.1) is 0 Å². The molecule has 1 atom stereocenters. The topological polar surface area (TPSA) is 17.1 Å². The summed E-state index contributed by atoms with van der Waals surface area (Å²) >= 11 is 0. The van der Waals surface area contributed by atoms with Gasteiger partial charge >= 0.3 is 0 Å². The van der Waals surface area contributed by atoms with E-state index in [4.69, 9.17) is 0 Å². The van der Waals surface area contributed by atoms with Gasteiger partial charge in [-0.25, -0.2) is 0 Å². The molecule has 0 aliphatic heterocycles. The number of ketones is 1. The van der Waals surface area contributed by atoms with Gasteiger partial charge in [-0.2, -0.15) is 0 Å². The molecular formula is C10H16O. The van der Waals surface area contributed by atoms with Crippen molar-refractivity contribution in [2.45, 2.75) is 39.5 Å². The van der Waals surface area contributed by atoms with Gasteiger partial charge in [-0.05, 0) is 31.6 Å². The first-order valence-electron chi connectivity index (χ1n) is 4.30. The van der Waals surface area contributed by atoms with E-state index >= 15 is 0 Å². The van der Waals surface area contributed by atoms with Crippen LogP contribution >= 0.6 is 0 Å². The van der Waals surface area contributed by atoms with Crippen molar-refractivity contribution in [2.24, 2.45) is 5.41 Å². The maximum absolute atomic E-state index is 10.9. The summed E-state index contributed by atoms with van der Waals surface area (Å²) in [5, 5.41) is 0. The van der Waals surface area contributed by atoms with Crippen LogP contribution in [-0.2, 0) is 4.79 Å². The summed E-state index contributed by atoms with van der Waals surface area (Å²) in [5.74, 6) is 0.305. The van der Waals surface area contributed by atoms with E-state index in [1.807, 2.05) is 0 Å². The van der Waals surface area contributed by atoms with Crippen LogP contribution in [0.2, 0.25) is 0 Å². The molecule has 0 saturated heterocycles. The normalized spacial score (nSPS) is 30.4.